The number of aryl methyl sites for hydroxylation is 1. The van der Waals surface area contributed by atoms with Crippen LogP contribution in [-0.4, -0.2) is 27.3 Å². The monoisotopic (exact) mass is 190 g/mol. The molecule has 72 valence electrons. The van der Waals surface area contributed by atoms with E-state index in [-0.39, 0.29) is 0 Å². The maximum atomic E-state index is 5.22. The van der Waals surface area contributed by atoms with Gasteiger partial charge in [0.2, 0.25) is 0 Å². The molecule has 5 heteroatoms. The van der Waals surface area contributed by atoms with Gasteiger partial charge in [-0.2, -0.15) is 0 Å². The summed E-state index contributed by atoms with van der Waals surface area (Å²) < 4.78 is 6.82. The molecule has 0 bridgehead atoms. The van der Waals surface area contributed by atoms with E-state index in [2.05, 4.69) is 15.5 Å². The molecule has 2 aromatic rings. The molecule has 2 rings (SSSR count). The fourth-order valence-electron chi connectivity index (χ4n) is 1.29. The first-order valence-electron chi connectivity index (χ1n) is 4.18. The fraction of sp³-hybridized carbons (Fsp3) is 0.222. The second-order valence-electron chi connectivity index (χ2n) is 2.83. The molecule has 0 atom stereocenters. The van der Waals surface area contributed by atoms with Crippen LogP contribution in [0.3, 0.4) is 0 Å². The largest absolute Gasteiger partial charge is 0.496 e. The quantitative estimate of drug-likeness (QED) is 0.705. The van der Waals surface area contributed by atoms with Crippen LogP contribution in [0.2, 0.25) is 0 Å². The average molecular weight is 190 g/mol. The van der Waals surface area contributed by atoms with Crippen molar-refractivity contribution in [2.75, 3.05) is 7.11 Å². The highest BCUT2D eigenvalue weighted by molar-refractivity contribution is 5.63. The van der Waals surface area contributed by atoms with Gasteiger partial charge in [-0.3, -0.25) is 0 Å². The summed E-state index contributed by atoms with van der Waals surface area (Å²) in [6.07, 6.45) is 0. The summed E-state index contributed by atoms with van der Waals surface area (Å²) in [6, 6.07) is 7.63. The van der Waals surface area contributed by atoms with Gasteiger partial charge in [-0.25, -0.2) is 4.68 Å². The normalized spacial score (nSPS) is 10.1. The van der Waals surface area contributed by atoms with Gasteiger partial charge in [-0.15, -0.1) is 5.10 Å². The number of hydrogen-bond acceptors (Lipinski definition) is 4. The molecule has 0 amide bonds. The number of hydrogen-bond donors (Lipinski definition) is 0. The van der Waals surface area contributed by atoms with Crippen molar-refractivity contribution in [3.63, 3.8) is 0 Å². The van der Waals surface area contributed by atoms with Crippen LogP contribution in [0.1, 0.15) is 0 Å². The highest BCUT2D eigenvalue weighted by atomic mass is 16.5. The van der Waals surface area contributed by atoms with Crippen molar-refractivity contribution in [2.45, 2.75) is 0 Å². The van der Waals surface area contributed by atoms with Gasteiger partial charge in [-0.05, 0) is 22.6 Å². The van der Waals surface area contributed by atoms with Gasteiger partial charge in [0.1, 0.15) is 5.75 Å². The van der Waals surface area contributed by atoms with Gasteiger partial charge in [0, 0.05) is 7.05 Å². The maximum absolute atomic E-state index is 5.22. The number of methoxy groups -OCH3 is 1. The molecule has 0 saturated carbocycles. The van der Waals surface area contributed by atoms with Gasteiger partial charge in [0.25, 0.3) is 0 Å². The minimum absolute atomic E-state index is 0.697. The molecular weight excluding hydrogens is 180 g/mol. The molecule has 5 nitrogen and oxygen atoms in total. The second kappa shape index (κ2) is 3.45. The van der Waals surface area contributed by atoms with Gasteiger partial charge >= 0.3 is 0 Å². The molecule has 1 heterocycles. The molecular formula is C9H10N4O. The molecule has 0 aliphatic heterocycles. The van der Waals surface area contributed by atoms with Crippen LogP contribution in [0.15, 0.2) is 24.3 Å². The lowest BCUT2D eigenvalue weighted by molar-refractivity contribution is 0.416. The summed E-state index contributed by atoms with van der Waals surface area (Å²) in [5.74, 6) is 1.47. The van der Waals surface area contributed by atoms with E-state index >= 15 is 0 Å². The van der Waals surface area contributed by atoms with Crippen molar-refractivity contribution < 1.29 is 4.74 Å². The van der Waals surface area contributed by atoms with Crippen LogP contribution in [0.5, 0.6) is 5.75 Å². The van der Waals surface area contributed by atoms with Gasteiger partial charge < -0.3 is 4.74 Å². The Labute approximate surface area is 81.3 Å². The smallest absolute Gasteiger partial charge is 0.185 e. The summed E-state index contributed by atoms with van der Waals surface area (Å²) in [5.41, 5.74) is 0.891. The van der Waals surface area contributed by atoms with Crippen molar-refractivity contribution >= 4 is 0 Å². The minimum Gasteiger partial charge on any atom is -0.496 e. The number of benzene rings is 1. The van der Waals surface area contributed by atoms with E-state index in [1.165, 1.54) is 0 Å². The summed E-state index contributed by atoms with van der Waals surface area (Å²) in [4.78, 5) is 0. The average Bonchev–Trinajstić information content (AvgIpc) is 2.64. The number of nitrogens with zero attached hydrogens (tertiary/aromatic N) is 4. The van der Waals surface area contributed by atoms with E-state index in [4.69, 9.17) is 4.74 Å². The summed E-state index contributed by atoms with van der Waals surface area (Å²) in [6.45, 7) is 0. The molecule has 0 spiro atoms. The van der Waals surface area contributed by atoms with Crippen molar-refractivity contribution in [1.29, 1.82) is 0 Å². The first-order chi connectivity index (χ1) is 6.83. The lowest BCUT2D eigenvalue weighted by Crippen LogP contribution is -1.96. The van der Waals surface area contributed by atoms with Gasteiger partial charge in [0.15, 0.2) is 5.82 Å². The van der Waals surface area contributed by atoms with E-state index in [0.717, 1.165) is 11.3 Å². The Hall–Kier alpha value is -1.91. The Balaban J connectivity index is 2.56. The predicted octanol–water partition coefficient (Wildman–Crippen LogP) is 0.886. The highest BCUT2D eigenvalue weighted by Crippen LogP contribution is 2.26. The predicted molar refractivity (Wildman–Crippen MR) is 50.8 cm³/mol. The van der Waals surface area contributed by atoms with Gasteiger partial charge in [-0.1, -0.05) is 12.1 Å². The van der Waals surface area contributed by atoms with Crippen molar-refractivity contribution in [2.24, 2.45) is 7.05 Å². The standard InChI is InChI=1S/C9H10N4O/c1-13-9(10-11-12-13)7-5-3-4-6-8(7)14-2/h3-6H,1-2H3. The first kappa shape index (κ1) is 8.68. The Kier molecular flexibility index (Phi) is 2.14. The molecule has 0 N–H and O–H groups in total. The number of tetrazole rings is 1. The summed E-state index contributed by atoms with van der Waals surface area (Å²) in [5, 5.41) is 11.3. The van der Waals surface area contributed by atoms with Crippen LogP contribution >= 0.6 is 0 Å². The van der Waals surface area contributed by atoms with Crippen molar-refractivity contribution in [3.8, 4) is 17.1 Å². The fourth-order valence-corrected chi connectivity index (χ4v) is 1.29. The van der Waals surface area contributed by atoms with Gasteiger partial charge in [0.05, 0.1) is 12.7 Å². The highest BCUT2D eigenvalue weighted by Gasteiger charge is 2.10. The van der Waals surface area contributed by atoms with Crippen LogP contribution in [0.4, 0.5) is 0 Å². The summed E-state index contributed by atoms with van der Waals surface area (Å²) >= 11 is 0. The molecule has 0 fully saturated rings. The first-order valence-corrected chi connectivity index (χ1v) is 4.18. The topological polar surface area (TPSA) is 52.8 Å². The van der Waals surface area contributed by atoms with Crippen molar-refractivity contribution in [1.82, 2.24) is 20.2 Å². The van der Waals surface area contributed by atoms with E-state index in [0.29, 0.717) is 5.82 Å². The minimum atomic E-state index is 0.697. The molecule has 14 heavy (non-hydrogen) atoms. The third-order valence-corrected chi connectivity index (χ3v) is 1.97. The van der Waals surface area contributed by atoms with E-state index < -0.39 is 0 Å². The van der Waals surface area contributed by atoms with E-state index in [1.807, 2.05) is 24.3 Å². The maximum Gasteiger partial charge on any atom is 0.185 e. The van der Waals surface area contributed by atoms with E-state index in [1.54, 1.807) is 18.8 Å². The molecule has 0 saturated heterocycles. The van der Waals surface area contributed by atoms with E-state index in [9.17, 15) is 0 Å². The zero-order chi connectivity index (χ0) is 9.97. The van der Waals surface area contributed by atoms with Crippen LogP contribution < -0.4 is 4.74 Å². The zero-order valence-corrected chi connectivity index (χ0v) is 8.01. The molecule has 0 aliphatic rings. The Morgan fingerprint density at radius 3 is 2.71 bits per heavy atom. The van der Waals surface area contributed by atoms with Crippen LogP contribution in [0, 0.1) is 0 Å². The zero-order valence-electron chi connectivity index (χ0n) is 8.01. The number of para-hydroxylation sites is 1. The number of rotatable bonds is 2. The SMILES string of the molecule is COc1ccccc1-c1nnnn1C. The molecule has 1 aromatic carbocycles. The second-order valence-corrected chi connectivity index (χ2v) is 2.83. The Morgan fingerprint density at radius 2 is 2.07 bits per heavy atom. The summed E-state index contributed by atoms with van der Waals surface area (Å²) in [7, 11) is 3.42. The lowest BCUT2D eigenvalue weighted by atomic mass is 10.2. The lowest BCUT2D eigenvalue weighted by Gasteiger charge is -2.05. The number of aromatic nitrogens is 4. The van der Waals surface area contributed by atoms with Crippen LogP contribution in [0.25, 0.3) is 11.4 Å². The van der Waals surface area contributed by atoms with Crippen molar-refractivity contribution in [3.05, 3.63) is 24.3 Å². The molecule has 0 aliphatic carbocycles. The third-order valence-electron chi connectivity index (χ3n) is 1.97. The molecule has 0 unspecified atom stereocenters. The Morgan fingerprint density at radius 1 is 1.29 bits per heavy atom. The Bertz CT molecular complexity index is 438. The molecule has 0 radical (unpaired) electrons. The molecule has 1 aromatic heterocycles. The van der Waals surface area contributed by atoms with Crippen LogP contribution in [-0.2, 0) is 7.05 Å². The third kappa shape index (κ3) is 1.32. The number of ether oxygens (including phenoxy) is 1.